The van der Waals surface area contributed by atoms with E-state index in [0.29, 0.717) is 24.0 Å². The van der Waals surface area contributed by atoms with Gasteiger partial charge in [-0.1, -0.05) is 35.7 Å². The van der Waals surface area contributed by atoms with Gasteiger partial charge in [-0.3, -0.25) is 4.79 Å². The standard InChI is InChI=1S/C21H24N4O2/c1-16-8-10-17(11-9-16)20-22-19(23-27-20)15-25-14-6-7-18(25)21(26)24-12-4-2-3-5-13-24/h6-11,14H,2-5,12-13,15H2,1H3. The van der Waals surface area contributed by atoms with Crippen molar-refractivity contribution in [1.82, 2.24) is 19.6 Å². The Morgan fingerprint density at radius 3 is 2.56 bits per heavy atom. The predicted molar refractivity (Wildman–Crippen MR) is 102 cm³/mol. The van der Waals surface area contributed by atoms with Crippen LogP contribution in [-0.4, -0.2) is 38.6 Å². The van der Waals surface area contributed by atoms with Crippen LogP contribution in [0.3, 0.4) is 0 Å². The summed E-state index contributed by atoms with van der Waals surface area (Å²) in [5.41, 5.74) is 2.76. The molecule has 27 heavy (non-hydrogen) atoms. The second kappa shape index (κ2) is 7.78. The molecule has 6 nitrogen and oxygen atoms in total. The van der Waals surface area contributed by atoms with Gasteiger partial charge in [-0.25, -0.2) is 0 Å². The number of hydrogen-bond acceptors (Lipinski definition) is 4. The van der Waals surface area contributed by atoms with E-state index in [4.69, 9.17) is 4.52 Å². The van der Waals surface area contributed by atoms with Crippen LogP contribution in [0.2, 0.25) is 0 Å². The van der Waals surface area contributed by atoms with Crippen LogP contribution in [0.4, 0.5) is 0 Å². The zero-order valence-corrected chi connectivity index (χ0v) is 15.6. The number of likely N-dealkylation sites (tertiary alicyclic amines) is 1. The minimum atomic E-state index is 0.0872. The summed E-state index contributed by atoms with van der Waals surface area (Å²) >= 11 is 0. The highest BCUT2D eigenvalue weighted by atomic mass is 16.5. The van der Waals surface area contributed by atoms with E-state index in [-0.39, 0.29) is 5.91 Å². The van der Waals surface area contributed by atoms with E-state index in [1.807, 2.05) is 59.0 Å². The molecule has 0 atom stereocenters. The van der Waals surface area contributed by atoms with Crippen LogP contribution in [0.1, 0.15) is 47.6 Å². The molecule has 1 aliphatic heterocycles. The normalized spacial score (nSPS) is 14.9. The van der Waals surface area contributed by atoms with Crippen LogP contribution in [0.5, 0.6) is 0 Å². The van der Waals surface area contributed by atoms with Crippen LogP contribution in [-0.2, 0) is 6.54 Å². The van der Waals surface area contributed by atoms with E-state index in [2.05, 4.69) is 10.1 Å². The van der Waals surface area contributed by atoms with Gasteiger partial charge in [0.2, 0.25) is 0 Å². The Labute approximate surface area is 158 Å². The van der Waals surface area contributed by atoms with Gasteiger partial charge in [0.15, 0.2) is 5.82 Å². The molecule has 0 radical (unpaired) electrons. The Bertz CT molecular complexity index is 902. The van der Waals surface area contributed by atoms with Gasteiger partial charge in [-0.15, -0.1) is 0 Å². The van der Waals surface area contributed by atoms with Crippen LogP contribution in [0.25, 0.3) is 11.5 Å². The highest BCUT2D eigenvalue weighted by molar-refractivity contribution is 5.92. The summed E-state index contributed by atoms with van der Waals surface area (Å²) < 4.78 is 7.30. The van der Waals surface area contributed by atoms with E-state index in [9.17, 15) is 4.79 Å². The summed E-state index contributed by atoms with van der Waals surface area (Å²) in [4.78, 5) is 19.4. The molecule has 3 heterocycles. The average molecular weight is 364 g/mol. The maximum absolute atomic E-state index is 12.9. The number of nitrogens with zero attached hydrogens (tertiary/aromatic N) is 4. The van der Waals surface area contributed by atoms with Crippen LogP contribution >= 0.6 is 0 Å². The van der Waals surface area contributed by atoms with Crippen molar-refractivity contribution in [2.75, 3.05) is 13.1 Å². The number of hydrogen-bond donors (Lipinski definition) is 0. The highest BCUT2D eigenvalue weighted by Crippen LogP contribution is 2.19. The number of rotatable bonds is 4. The van der Waals surface area contributed by atoms with Crippen molar-refractivity contribution in [3.05, 3.63) is 59.7 Å². The van der Waals surface area contributed by atoms with Crippen molar-refractivity contribution in [1.29, 1.82) is 0 Å². The first-order valence-electron chi connectivity index (χ1n) is 9.55. The van der Waals surface area contributed by atoms with Gasteiger partial charge in [-0.2, -0.15) is 4.98 Å². The monoisotopic (exact) mass is 364 g/mol. The largest absolute Gasteiger partial charge is 0.337 e. The first kappa shape index (κ1) is 17.5. The number of carbonyl (C=O) groups excluding carboxylic acids is 1. The molecule has 1 amide bonds. The van der Waals surface area contributed by atoms with Gasteiger partial charge < -0.3 is 14.0 Å². The summed E-state index contributed by atoms with van der Waals surface area (Å²) in [5.74, 6) is 1.15. The summed E-state index contributed by atoms with van der Waals surface area (Å²) in [6.45, 7) is 4.13. The number of amides is 1. The Balaban J connectivity index is 1.50. The molecular formula is C21H24N4O2. The number of aromatic nitrogens is 3. The van der Waals surface area contributed by atoms with Crippen molar-refractivity contribution >= 4 is 5.91 Å². The molecule has 0 N–H and O–H groups in total. The van der Waals surface area contributed by atoms with E-state index in [1.54, 1.807) is 0 Å². The fourth-order valence-electron chi connectivity index (χ4n) is 3.47. The van der Waals surface area contributed by atoms with E-state index in [1.165, 1.54) is 18.4 Å². The Hall–Kier alpha value is -2.89. The molecule has 0 bridgehead atoms. The third-order valence-electron chi connectivity index (χ3n) is 5.02. The smallest absolute Gasteiger partial charge is 0.270 e. The first-order chi connectivity index (χ1) is 13.2. The maximum atomic E-state index is 12.9. The molecule has 0 spiro atoms. The van der Waals surface area contributed by atoms with Gasteiger partial charge >= 0.3 is 0 Å². The molecule has 1 aliphatic rings. The van der Waals surface area contributed by atoms with Crippen molar-refractivity contribution in [3.63, 3.8) is 0 Å². The molecule has 2 aromatic heterocycles. The maximum Gasteiger partial charge on any atom is 0.270 e. The van der Waals surface area contributed by atoms with Gasteiger partial charge in [-0.05, 0) is 44.0 Å². The molecule has 0 aliphatic carbocycles. The van der Waals surface area contributed by atoms with Crippen molar-refractivity contribution < 1.29 is 9.32 Å². The van der Waals surface area contributed by atoms with Gasteiger partial charge in [0.1, 0.15) is 5.69 Å². The lowest BCUT2D eigenvalue weighted by Crippen LogP contribution is -2.33. The number of carbonyl (C=O) groups is 1. The van der Waals surface area contributed by atoms with Crippen LogP contribution in [0.15, 0.2) is 47.1 Å². The average Bonchev–Trinajstić information content (AvgIpc) is 3.24. The molecule has 0 saturated carbocycles. The van der Waals surface area contributed by atoms with E-state index < -0.39 is 0 Å². The van der Waals surface area contributed by atoms with Gasteiger partial charge in [0, 0.05) is 24.8 Å². The van der Waals surface area contributed by atoms with Crippen LogP contribution in [0, 0.1) is 6.92 Å². The quantitative estimate of drug-likeness (QED) is 0.704. The summed E-state index contributed by atoms with van der Waals surface area (Å²) in [6, 6.07) is 11.7. The van der Waals surface area contributed by atoms with Gasteiger partial charge in [0.05, 0.1) is 6.54 Å². The molecule has 4 rings (SSSR count). The zero-order valence-electron chi connectivity index (χ0n) is 15.6. The van der Waals surface area contributed by atoms with Gasteiger partial charge in [0.25, 0.3) is 11.8 Å². The second-order valence-electron chi connectivity index (χ2n) is 7.11. The minimum Gasteiger partial charge on any atom is -0.337 e. The molecule has 1 saturated heterocycles. The number of benzene rings is 1. The summed E-state index contributed by atoms with van der Waals surface area (Å²) in [7, 11) is 0. The lowest BCUT2D eigenvalue weighted by Gasteiger charge is -2.21. The lowest BCUT2D eigenvalue weighted by atomic mass is 10.1. The third-order valence-corrected chi connectivity index (χ3v) is 5.02. The Morgan fingerprint density at radius 1 is 1.07 bits per heavy atom. The fourth-order valence-corrected chi connectivity index (χ4v) is 3.47. The predicted octanol–water partition coefficient (Wildman–Crippen LogP) is 3.91. The van der Waals surface area contributed by atoms with Crippen molar-refractivity contribution in [3.8, 4) is 11.5 Å². The summed E-state index contributed by atoms with van der Waals surface area (Å²) in [5, 5.41) is 4.09. The molecule has 0 unspecified atom stereocenters. The molecule has 1 fully saturated rings. The molecule has 1 aromatic carbocycles. The molecule has 140 valence electrons. The van der Waals surface area contributed by atoms with E-state index >= 15 is 0 Å². The van der Waals surface area contributed by atoms with Crippen molar-refractivity contribution in [2.45, 2.75) is 39.2 Å². The lowest BCUT2D eigenvalue weighted by molar-refractivity contribution is 0.0751. The highest BCUT2D eigenvalue weighted by Gasteiger charge is 2.21. The Kier molecular flexibility index (Phi) is 5.05. The first-order valence-corrected chi connectivity index (χ1v) is 9.55. The molecular weight excluding hydrogens is 340 g/mol. The number of aryl methyl sites for hydroxylation is 1. The zero-order chi connectivity index (χ0) is 18.6. The Morgan fingerprint density at radius 2 is 1.81 bits per heavy atom. The minimum absolute atomic E-state index is 0.0872. The van der Waals surface area contributed by atoms with E-state index in [0.717, 1.165) is 31.5 Å². The fraction of sp³-hybridized carbons (Fsp3) is 0.381. The SMILES string of the molecule is Cc1ccc(-c2nc(Cn3cccc3C(=O)N3CCCCCC3)no2)cc1. The topological polar surface area (TPSA) is 64.2 Å². The van der Waals surface area contributed by atoms with Crippen LogP contribution < -0.4 is 0 Å². The third kappa shape index (κ3) is 3.94. The summed E-state index contributed by atoms with van der Waals surface area (Å²) in [6.07, 6.45) is 6.46. The van der Waals surface area contributed by atoms with Crippen molar-refractivity contribution in [2.24, 2.45) is 0 Å². The second-order valence-corrected chi connectivity index (χ2v) is 7.11. The molecule has 3 aromatic rings. The molecule has 6 heteroatoms.